The van der Waals surface area contributed by atoms with E-state index in [2.05, 4.69) is 72.1 Å². The van der Waals surface area contributed by atoms with Gasteiger partial charge in [-0.15, -0.1) is 0 Å². The van der Waals surface area contributed by atoms with Gasteiger partial charge in [0.1, 0.15) is 0 Å². The van der Waals surface area contributed by atoms with Gasteiger partial charge >= 0.3 is 0 Å². The lowest BCUT2D eigenvalue weighted by Crippen LogP contribution is -2.75. The first-order chi connectivity index (χ1) is 41.0. The van der Waals surface area contributed by atoms with Gasteiger partial charge in [0.2, 0.25) is 0 Å². The lowest BCUT2D eigenvalue weighted by Gasteiger charge is -2.71. The Morgan fingerprint density at radius 2 is 0.612 bits per heavy atom. The van der Waals surface area contributed by atoms with Gasteiger partial charge in [-0.2, -0.15) is 0 Å². The van der Waals surface area contributed by atoms with Crippen LogP contribution in [0.3, 0.4) is 0 Å². The largest absolute Gasteiger partial charge is 0.295 e. The summed E-state index contributed by atoms with van der Waals surface area (Å²) < 4.78 is 0. The van der Waals surface area contributed by atoms with Crippen LogP contribution in [-0.2, 0) is 0 Å². The third-order valence-corrected chi connectivity index (χ3v) is 33.7. The maximum Gasteiger partial charge on any atom is 0.156 e. The molecule has 0 bridgehead atoms. The predicted molar refractivity (Wildman–Crippen MR) is 362 cm³/mol. The second-order valence-electron chi connectivity index (χ2n) is 40.0. The highest BCUT2D eigenvalue weighted by atomic mass is 15.3. The molecule has 0 aromatic carbocycles. The fraction of sp³-hybridized carbons (Fsp3) is 1.00. The minimum atomic E-state index is 0.451. The van der Waals surface area contributed by atoms with E-state index >= 15 is 0 Å². The number of fused-ring (bicyclic) bond motifs is 4. The quantitative estimate of drug-likeness (QED) is 0.234. The van der Waals surface area contributed by atoms with Crippen LogP contribution in [0.25, 0.3) is 0 Å². The van der Waals surface area contributed by atoms with Crippen molar-refractivity contribution in [1.29, 1.82) is 0 Å². The lowest BCUT2D eigenvalue weighted by atomic mass is 9.18. The Hall–Kier alpha value is -0.0151. The summed E-state index contributed by atoms with van der Waals surface area (Å²) in [5.74, 6) is 22.2. The monoisotopic (exact) mass is 1160 g/mol. The summed E-state index contributed by atoms with van der Waals surface area (Å²) >= 11 is 0. The number of hydrogen-bond donors (Lipinski definition) is 0. The van der Waals surface area contributed by atoms with Crippen molar-refractivity contribution < 1.29 is 0 Å². The SMILES string of the molecule is CC(C)(C)C1CCC(C2CC3C4B(C5CCC(C6CCCCC6)CC5N3C3CCC(C5CCCCC5)CC3)C3CCC(C5CC6CC(C(C)(C)C)CC7CCC8CC(C(C)(C)C)CC5C8C76)CC3N(C3CCC(C5CCCCC5)CC3)C4C2)CC1. The second kappa shape index (κ2) is 24.7. The molecule has 2 saturated heterocycles. The Kier molecular flexibility index (Phi) is 17.8. The third kappa shape index (κ3) is 11.8. The molecular weight excluding hydrogens is 1020 g/mol. The summed E-state index contributed by atoms with van der Waals surface area (Å²) in [6, 6.07) is 5.29. The van der Waals surface area contributed by atoms with Gasteiger partial charge in [-0.25, -0.2) is 0 Å². The molecule has 3 heteroatoms. The van der Waals surface area contributed by atoms with Gasteiger partial charge in [-0.1, -0.05) is 184 Å². The summed E-state index contributed by atoms with van der Waals surface area (Å²) in [6.45, 7) is 24.9. The van der Waals surface area contributed by atoms with Gasteiger partial charge in [0.25, 0.3) is 0 Å². The van der Waals surface area contributed by atoms with Crippen LogP contribution in [0.15, 0.2) is 0 Å². The van der Waals surface area contributed by atoms with E-state index in [1.807, 2.05) is 0 Å². The van der Waals surface area contributed by atoms with Gasteiger partial charge < -0.3 is 0 Å². The summed E-state index contributed by atoms with van der Waals surface area (Å²) in [5, 5.41) is 0. The number of hydrogen-bond acceptors (Lipinski definition) is 2. The van der Waals surface area contributed by atoms with Crippen LogP contribution in [0.4, 0.5) is 0 Å². The molecule has 0 radical (unpaired) electrons. The van der Waals surface area contributed by atoms with E-state index < -0.39 is 0 Å². The molecule has 13 saturated carbocycles. The molecule has 0 aromatic rings. The Morgan fingerprint density at radius 3 is 1.11 bits per heavy atom. The predicted octanol–water partition coefficient (Wildman–Crippen LogP) is 22.8. The topological polar surface area (TPSA) is 6.48 Å². The van der Waals surface area contributed by atoms with Crippen molar-refractivity contribution in [3.05, 3.63) is 0 Å². The van der Waals surface area contributed by atoms with E-state index in [1.165, 1.54) is 57.8 Å². The molecule has 0 amide bonds. The van der Waals surface area contributed by atoms with Crippen molar-refractivity contribution >= 4 is 6.71 Å². The van der Waals surface area contributed by atoms with E-state index in [-0.39, 0.29) is 0 Å². The van der Waals surface area contributed by atoms with Crippen LogP contribution in [0.2, 0.25) is 17.5 Å². The molecule has 19 unspecified atom stereocenters. The van der Waals surface area contributed by atoms with Crippen molar-refractivity contribution in [1.82, 2.24) is 9.80 Å². The molecular formula is C82H139BN2. The zero-order valence-corrected chi connectivity index (χ0v) is 57.8. The molecule has 13 aliphatic carbocycles. The molecule has 15 fully saturated rings. The molecule has 15 aliphatic rings. The van der Waals surface area contributed by atoms with E-state index in [4.69, 9.17) is 0 Å². The summed E-state index contributed by atoms with van der Waals surface area (Å²) in [4.78, 5) is 7.44. The molecule has 480 valence electrons. The number of rotatable bonds is 7. The maximum atomic E-state index is 3.75. The zero-order valence-electron chi connectivity index (χ0n) is 57.8. The highest BCUT2D eigenvalue weighted by molar-refractivity contribution is 6.65. The molecule has 2 heterocycles. The van der Waals surface area contributed by atoms with Crippen LogP contribution in [0, 0.1) is 129 Å². The van der Waals surface area contributed by atoms with Crippen molar-refractivity contribution in [2.24, 2.45) is 129 Å². The number of nitrogens with zero attached hydrogens (tertiary/aromatic N) is 2. The Labute approximate surface area is 528 Å². The van der Waals surface area contributed by atoms with Gasteiger partial charge in [-0.05, 0) is 294 Å². The van der Waals surface area contributed by atoms with Gasteiger partial charge in [-0.3, -0.25) is 9.80 Å². The van der Waals surface area contributed by atoms with E-state index in [0.29, 0.717) is 16.2 Å². The fourth-order valence-corrected chi connectivity index (χ4v) is 29.6. The van der Waals surface area contributed by atoms with E-state index in [0.717, 1.165) is 173 Å². The standard InChI is InChI=1S/C82H139BN2/c1-80(2,3)64-35-27-57(28-36-64)62-49-75-79-76(50-62)85(68-39-31-56(32-40-68)53-21-15-11-16-22-53)74-48-59(69-46-63-45-65(81(4,5)6)43-60-25-26-61-44-66(82(7,8)9)51-70(69)78(61)77(60)63)34-42-72(74)83(79)71-41-33-58(54-23-17-12-18-24-54)47-73(71)84(75)67-37-29-55(30-38-67)52-19-13-10-14-20-52/h52-79H,10-51H2,1-9H3. The third-order valence-electron chi connectivity index (χ3n) is 33.7. The fourth-order valence-electron chi connectivity index (χ4n) is 29.6. The first-order valence-electron chi connectivity index (χ1n) is 40.6. The van der Waals surface area contributed by atoms with Crippen molar-refractivity contribution in [2.75, 3.05) is 0 Å². The summed E-state index contributed by atoms with van der Waals surface area (Å²) in [5.41, 5.74) is 1.38. The minimum absolute atomic E-state index is 0.451. The average Bonchev–Trinajstić information content (AvgIpc) is 0.782. The van der Waals surface area contributed by atoms with Gasteiger partial charge in [0, 0.05) is 36.3 Å². The highest BCUT2D eigenvalue weighted by Gasteiger charge is 2.68. The average molecular weight is 1160 g/mol. The highest BCUT2D eigenvalue weighted by Crippen LogP contribution is 2.70. The Bertz CT molecular complexity index is 2170. The summed E-state index contributed by atoms with van der Waals surface area (Å²) in [6.07, 6.45) is 66.2. The van der Waals surface area contributed by atoms with Crippen LogP contribution in [0.5, 0.6) is 0 Å². The van der Waals surface area contributed by atoms with E-state index in [1.54, 1.807) is 212 Å². The first-order valence-corrected chi connectivity index (χ1v) is 40.6. The smallest absolute Gasteiger partial charge is 0.156 e. The van der Waals surface area contributed by atoms with Crippen LogP contribution in [-0.4, -0.2) is 52.8 Å². The second-order valence-corrected chi connectivity index (χ2v) is 40.0. The Morgan fingerprint density at radius 1 is 0.247 bits per heavy atom. The van der Waals surface area contributed by atoms with Crippen LogP contribution in [0.1, 0.15) is 332 Å². The van der Waals surface area contributed by atoms with Crippen molar-refractivity contribution in [2.45, 2.75) is 386 Å². The Balaban J connectivity index is 0.812. The lowest BCUT2D eigenvalue weighted by molar-refractivity contribution is -0.155. The zero-order chi connectivity index (χ0) is 58.1. The molecule has 0 N–H and O–H groups in total. The molecule has 15 rings (SSSR count). The van der Waals surface area contributed by atoms with Crippen LogP contribution >= 0.6 is 0 Å². The normalized spacial score (nSPS) is 49.2. The minimum Gasteiger partial charge on any atom is -0.295 e. The molecule has 85 heavy (non-hydrogen) atoms. The molecule has 0 spiro atoms. The molecule has 19 atom stereocenters. The first kappa shape index (κ1) is 61.2. The van der Waals surface area contributed by atoms with E-state index in [9.17, 15) is 0 Å². The van der Waals surface area contributed by atoms with Crippen molar-refractivity contribution in [3.63, 3.8) is 0 Å². The molecule has 0 aromatic heterocycles. The summed E-state index contributed by atoms with van der Waals surface area (Å²) in [7, 11) is 0. The van der Waals surface area contributed by atoms with Crippen molar-refractivity contribution in [3.8, 4) is 0 Å². The molecule has 2 nitrogen and oxygen atoms in total. The molecule has 2 aliphatic heterocycles. The van der Waals surface area contributed by atoms with Gasteiger partial charge in [0.15, 0.2) is 6.71 Å². The van der Waals surface area contributed by atoms with Gasteiger partial charge in [0.05, 0.1) is 0 Å². The maximum absolute atomic E-state index is 3.75. The van der Waals surface area contributed by atoms with Crippen LogP contribution < -0.4 is 0 Å².